The van der Waals surface area contributed by atoms with Crippen molar-refractivity contribution >= 4 is 5.91 Å². The van der Waals surface area contributed by atoms with Crippen molar-refractivity contribution in [1.29, 1.82) is 0 Å². The lowest BCUT2D eigenvalue weighted by Crippen LogP contribution is -2.42. The van der Waals surface area contributed by atoms with Gasteiger partial charge in [0.2, 0.25) is 5.91 Å². The van der Waals surface area contributed by atoms with E-state index in [-0.39, 0.29) is 11.9 Å². The van der Waals surface area contributed by atoms with Gasteiger partial charge in [-0.2, -0.15) is 0 Å². The third-order valence-electron chi connectivity index (χ3n) is 2.68. The maximum Gasteiger partial charge on any atom is 0.236 e. The minimum atomic E-state index is -0.146. The van der Waals surface area contributed by atoms with Gasteiger partial charge in [0.05, 0.1) is 6.04 Å². The molecule has 0 aliphatic carbocycles. The number of benzene rings is 1. The molecule has 0 heterocycles. The lowest BCUT2D eigenvalue weighted by atomic mass is 10.2. The van der Waals surface area contributed by atoms with E-state index in [1.165, 1.54) is 5.56 Å². The lowest BCUT2D eigenvalue weighted by Gasteiger charge is -2.13. The first kappa shape index (κ1) is 13.7. The fraction of sp³-hybridized carbons (Fsp3) is 0.500. The van der Waals surface area contributed by atoms with Crippen LogP contribution in [0.4, 0.5) is 0 Å². The zero-order valence-electron chi connectivity index (χ0n) is 10.7. The quantitative estimate of drug-likeness (QED) is 0.709. The first-order valence-electron chi connectivity index (χ1n) is 6.29. The van der Waals surface area contributed by atoms with Crippen molar-refractivity contribution < 1.29 is 4.79 Å². The SMILES string of the molecule is CCCCNC(=O)C(C)NCc1ccccc1. The Kier molecular flexibility index (Phi) is 6.33. The monoisotopic (exact) mass is 234 g/mol. The van der Waals surface area contributed by atoms with Crippen LogP contribution in [-0.4, -0.2) is 18.5 Å². The van der Waals surface area contributed by atoms with Crippen molar-refractivity contribution in [3.8, 4) is 0 Å². The largest absolute Gasteiger partial charge is 0.355 e. The number of rotatable bonds is 7. The van der Waals surface area contributed by atoms with Crippen molar-refractivity contribution in [3.63, 3.8) is 0 Å². The molecule has 17 heavy (non-hydrogen) atoms. The molecule has 0 radical (unpaired) electrons. The molecular weight excluding hydrogens is 212 g/mol. The number of unbranched alkanes of at least 4 members (excludes halogenated alkanes) is 1. The minimum Gasteiger partial charge on any atom is -0.355 e. The predicted octanol–water partition coefficient (Wildman–Crippen LogP) is 2.08. The maximum absolute atomic E-state index is 11.7. The Morgan fingerprint density at radius 1 is 1.29 bits per heavy atom. The smallest absolute Gasteiger partial charge is 0.236 e. The number of carbonyl (C=O) groups is 1. The highest BCUT2D eigenvalue weighted by Crippen LogP contribution is 1.98. The number of hydrogen-bond donors (Lipinski definition) is 2. The summed E-state index contributed by atoms with van der Waals surface area (Å²) in [6.45, 7) is 5.50. The average molecular weight is 234 g/mol. The van der Waals surface area contributed by atoms with Crippen molar-refractivity contribution in [1.82, 2.24) is 10.6 Å². The Labute approximate surface area is 104 Å². The molecule has 1 atom stereocenters. The molecule has 0 saturated carbocycles. The Balaban J connectivity index is 2.24. The van der Waals surface area contributed by atoms with E-state index in [1.54, 1.807) is 0 Å². The highest BCUT2D eigenvalue weighted by Gasteiger charge is 2.10. The normalized spacial score (nSPS) is 12.1. The van der Waals surface area contributed by atoms with E-state index >= 15 is 0 Å². The Bertz CT molecular complexity index is 324. The summed E-state index contributed by atoms with van der Waals surface area (Å²) < 4.78 is 0. The lowest BCUT2D eigenvalue weighted by molar-refractivity contribution is -0.122. The van der Waals surface area contributed by atoms with Crippen LogP contribution in [-0.2, 0) is 11.3 Å². The van der Waals surface area contributed by atoms with Gasteiger partial charge in [0.15, 0.2) is 0 Å². The average Bonchev–Trinajstić information content (AvgIpc) is 2.37. The van der Waals surface area contributed by atoms with E-state index in [2.05, 4.69) is 29.7 Å². The topological polar surface area (TPSA) is 41.1 Å². The molecule has 1 aromatic carbocycles. The molecule has 1 amide bonds. The van der Waals surface area contributed by atoms with E-state index in [0.29, 0.717) is 0 Å². The van der Waals surface area contributed by atoms with Gasteiger partial charge in [-0.05, 0) is 18.9 Å². The van der Waals surface area contributed by atoms with Gasteiger partial charge in [-0.3, -0.25) is 4.79 Å². The van der Waals surface area contributed by atoms with Gasteiger partial charge in [-0.25, -0.2) is 0 Å². The summed E-state index contributed by atoms with van der Waals surface area (Å²) in [5, 5.41) is 6.13. The Hall–Kier alpha value is -1.35. The van der Waals surface area contributed by atoms with Crippen LogP contribution in [0.25, 0.3) is 0 Å². The molecule has 0 aliphatic rings. The summed E-state index contributed by atoms with van der Waals surface area (Å²) in [6.07, 6.45) is 2.14. The van der Waals surface area contributed by atoms with Crippen LogP contribution >= 0.6 is 0 Å². The van der Waals surface area contributed by atoms with Crippen LogP contribution in [0.5, 0.6) is 0 Å². The maximum atomic E-state index is 11.7. The molecule has 0 aromatic heterocycles. The molecule has 0 spiro atoms. The summed E-state index contributed by atoms with van der Waals surface area (Å²) in [5.74, 6) is 0.0781. The molecule has 0 aliphatic heterocycles. The number of carbonyl (C=O) groups excluding carboxylic acids is 1. The van der Waals surface area contributed by atoms with E-state index in [1.807, 2.05) is 25.1 Å². The van der Waals surface area contributed by atoms with Crippen LogP contribution in [0.15, 0.2) is 30.3 Å². The second-order valence-electron chi connectivity index (χ2n) is 4.23. The van der Waals surface area contributed by atoms with Gasteiger partial charge in [0.25, 0.3) is 0 Å². The van der Waals surface area contributed by atoms with Crippen LogP contribution in [0.1, 0.15) is 32.3 Å². The summed E-state index contributed by atoms with van der Waals surface area (Å²) >= 11 is 0. The molecule has 1 aromatic rings. The predicted molar refractivity (Wildman–Crippen MR) is 70.7 cm³/mol. The van der Waals surface area contributed by atoms with E-state index in [0.717, 1.165) is 25.9 Å². The van der Waals surface area contributed by atoms with Gasteiger partial charge < -0.3 is 10.6 Å². The van der Waals surface area contributed by atoms with Gasteiger partial charge in [-0.15, -0.1) is 0 Å². The van der Waals surface area contributed by atoms with Gasteiger partial charge >= 0.3 is 0 Å². The van der Waals surface area contributed by atoms with E-state index in [4.69, 9.17) is 0 Å². The van der Waals surface area contributed by atoms with Crippen LogP contribution < -0.4 is 10.6 Å². The van der Waals surface area contributed by atoms with Gasteiger partial charge in [0.1, 0.15) is 0 Å². The third-order valence-corrected chi connectivity index (χ3v) is 2.68. The molecule has 2 N–H and O–H groups in total. The van der Waals surface area contributed by atoms with E-state index < -0.39 is 0 Å². The molecule has 1 rings (SSSR count). The molecule has 1 unspecified atom stereocenters. The summed E-state index contributed by atoms with van der Waals surface area (Å²) in [5.41, 5.74) is 1.20. The van der Waals surface area contributed by atoms with Crippen LogP contribution in [0, 0.1) is 0 Å². The van der Waals surface area contributed by atoms with Gasteiger partial charge in [-0.1, -0.05) is 43.7 Å². The highest BCUT2D eigenvalue weighted by molar-refractivity contribution is 5.81. The Morgan fingerprint density at radius 3 is 2.65 bits per heavy atom. The molecule has 0 bridgehead atoms. The minimum absolute atomic E-state index is 0.0781. The molecule has 3 heteroatoms. The number of nitrogens with one attached hydrogen (secondary N) is 2. The molecular formula is C14H22N2O. The summed E-state index contributed by atoms with van der Waals surface area (Å²) in [4.78, 5) is 11.7. The third kappa shape index (κ3) is 5.50. The number of amides is 1. The fourth-order valence-corrected chi connectivity index (χ4v) is 1.50. The second kappa shape index (κ2) is 7.85. The number of hydrogen-bond acceptors (Lipinski definition) is 2. The summed E-state index contributed by atoms with van der Waals surface area (Å²) in [7, 11) is 0. The van der Waals surface area contributed by atoms with Crippen LogP contribution in [0.3, 0.4) is 0 Å². The highest BCUT2D eigenvalue weighted by atomic mass is 16.2. The molecule has 3 nitrogen and oxygen atoms in total. The van der Waals surface area contributed by atoms with Crippen molar-refractivity contribution in [2.75, 3.05) is 6.54 Å². The first-order chi connectivity index (χ1) is 8.24. The summed E-state index contributed by atoms with van der Waals surface area (Å²) in [6, 6.07) is 9.95. The molecule has 0 saturated heterocycles. The second-order valence-corrected chi connectivity index (χ2v) is 4.23. The standard InChI is InChI=1S/C14H22N2O/c1-3-4-10-15-14(17)12(2)16-11-13-8-6-5-7-9-13/h5-9,12,16H,3-4,10-11H2,1-2H3,(H,15,17). The van der Waals surface area contributed by atoms with Crippen molar-refractivity contribution in [2.45, 2.75) is 39.3 Å². The van der Waals surface area contributed by atoms with Crippen LogP contribution in [0.2, 0.25) is 0 Å². The Morgan fingerprint density at radius 2 is 2.00 bits per heavy atom. The zero-order chi connectivity index (χ0) is 12.5. The van der Waals surface area contributed by atoms with E-state index in [9.17, 15) is 4.79 Å². The first-order valence-corrected chi connectivity index (χ1v) is 6.29. The molecule has 0 fully saturated rings. The molecule has 94 valence electrons. The fourth-order valence-electron chi connectivity index (χ4n) is 1.50. The van der Waals surface area contributed by atoms with Gasteiger partial charge in [0, 0.05) is 13.1 Å². The van der Waals surface area contributed by atoms with Crippen molar-refractivity contribution in [2.24, 2.45) is 0 Å². The van der Waals surface area contributed by atoms with Crippen molar-refractivity contribution in [3.05, 3.63) is 35.9 Å². The zero-order valence-corrected chi connectivity index (χ0v) is 10.7.